The predicted octanol–water partition coefficient (Wildman–Crippen LogP) is 4.13. The van der Waals surface area contributed by atoms with E-state index in [0.717, 1.165) is 27.8 Å². The van der Waals surface area contributed by atoms with Gasteiger partial charge in [0, 0.05) is 29.4 Å². The van der Waals surface area contributed by atoms with Crippen LogP contribution in [0.3, 0.4) is 0 Å². The third-order valence-corrected chi connectivity index (χ3v) is 5.76. The number of benzene rings is 2. The van der Waals surface area contributed by atoms with E-state index >= 15 is 0 Å². The van der Waals surface area contributed by atoms with Gasteiger partial charge in [0.1, 0.15) is 0 Å². The molecule has 0 aliphatic carbocycles. The Labute approximate surface area is 162 Å². The maximum absolute atomic E-state index is 12.3. The Morgan fingerprint density at radius 1 is 1.12 bits per heavy atom. The summed E-state index contributed by atoms with van der Waals surface area (Å²) in [6, 6.07) is 14.4. The van der Waals surface area contributed by atoms with Gasteiger partial charge < -0.3 is 10.6 Å². The number of nitrogens with one attached hydrogen (secondary N) is 2. The van der Waals surface area contributed by atoms with Crippen LogP contribution in [0.4, 0.5) is 5.69 Å². The Morgan fingerprint density at radius 3 is 2.65 bits per heavy atom. The van der Waals surface area contributed by atoms with Gasteiger partial charge in [0.05, 0.1) is 5.57 Å². The van der Waals surface area contributed by atoms with Crippen LogP contribution < -0.4 is 10.6 Å². The molecule has 0 spiro atoms. The molecule has 1 amide bonds. The van der Waals surface area contributed by atoms with Crippen LogP contribution in [-0.2, 0) is 17.9 Å². The molecular formula is C21H22BrN3O. The lowest BCUT2D eigenvalue weighted by molar-refractivity contribution is -0.116. The molecule has 2 aromatic rings. The number of hydrogen-bond donors (Lipinski definition) is 2. The van der Waals surface area contributed by atoms with Gasteiger partial charge in [-0.25, -0.2) is 0 Å². The number of fused-ring (bicyclic) bond motifs is 1. The van der Waals surface area contributed by atoms with Gasteiger partial charge >= 0.3 is 0 Å². The summed E-state index contributed by atoms with van der Waals surface area (Å²) in [4.78, 5) is 14.8. The molecule has 134 valence electrons. The number of nitrogens with zero attached hydrogens (tertiary/aromatic N) is 1. The summed E-state index contributed by atoms with van der Waals surface area (Å²) in [6.45, 7) is 3.98. The van der Waals surface area contributed by atoms with Crippen LogP contribution in [0.15, 0.2) is 53.1 Å². The zero-order chi connectivity index (χ0) is 17.9. The Balaban J connectivity index is 1.49. The third-order valence-electron chi connectivity index (χ3n) is 5.02. The van der Waals surface area contributed by atoms with Crippen LogP contribution in [-0.4, -0.2) is 23.9 Å². The number of rotatable bonds is 4. The predicted molar refractivity (Wildman–Crippen MR) is 109 cm³/mol. The lowest BCUT2D eigenvalue weighted by Gasteiger charge is -2.21. The van der Waals surface area contributed by atoms with Crippen LogP contribution in [0.5, 0.6) is 0 Å². The topological polar surface area (TPSA) is 44.4 Å². The number of carbonyl (C=O) groups excluding carboxylic acids is 1. The SMILES string of the molecule is O=C1NCc2c(Br)cccc2/C1=C\Nc1ccc(CN2CCCC2)cc1. The van der Waals surface area contributed by atoms with Crippen molar-refractivity contribution in [1.29, 1.82) is 0 Å². The first kappa shape index (κ1) is 17.3. The molecular weight excluding hydrogens is 390 g/mol. The molecule has 5 heteroatoms. The first-order valence-corrected chi connectivity index (χ1v) is 9.84. The summed E-state index contributed by atoms with van der Waals surface area (Å²) >= 11 is 3.57. The molecule has 2 aromatic carbocycles. The first-order valence-electron chi connectivity index (χ1n) is 9.05. The van der Waals surface area contributed by atoms with Crippen molar-refractivity contribution in [1.82, 2.24) is 10.2 Å². The lowest BCUT2D eigenvalue weighted by Crippen LogP contribution is -2.30. The van der Waals surface area contributed by atoms with Crippen molar-refractivity contribution in [3.05, 3.63) is 69.8 Å². The molecule has 1 fully saturated rings. The van der Waals surface area contributed by atoms with E-state index in [1.807, 2.05) is 18.2 Å². The highest BCUT2D eigenvalue weighted by molar-refractivity contribution is 9.10. The van der Waals surface area contributed by atoms with Crippen molar-refractivity contribution in [3.63, 3.8) is 0 Å². The monoisotopic (exact) mass is 411 g/mol. The molecule has 4 nitrogen and oxygen atoms in total. The first-order chi connectivity index (χ1) is 12.7. The van der Waals surface area contributed by atoms with E-state index in [0.29, 0.717) is 12.1 Å². The van der Waals surface area contributed by atoms with E-state index in [1.54, 1.807) is 6.20 Å². The minimum atomic E-state index is -0.0475. The zero-order valence-corrected chi connectivity index (χ0v) is 16.2. The summed E-state index contributed by atoms with van der Waals surface area (Å²) in [6.07, 6.45) is 4.43. The molecule has 0 bridgehead atoms. The van der Waals surface area contributed by atoms with Crippen LogP contribution in [0.1, 0.15) is 29.5 Å². The van der Waals surface area contributed by atoms with Gasteiger partial charge in [0.2, 0.25) is 0 Å². The smallest absolute Gasteiger partial charge is 0.253 e. The Bertz CT molecular complexity index is 839. The van der Waals surface area contributed by atoms with Gasteiger partial charge in [-0.1, -0.05) is 40.2 Å². The zero-order valence-electron chi connectivity index (χ0n) is 14.6. The van der Waals surface area contributed by atoms with Crippen molar-refractivity contribution >= 4 is 33.1 Å². The Morgan fingerprint density at radius 2 is 1.88 bits per heavy atom. The molecule has 2 N–H and O–H groups in total. The summed E-state index contributed by atoms with van der Waals surface area (Å²) in [5, 5.41) is 6.21. The van der Waals surface area contributed by atoms with Gasteiger partial charge in [-0.2, -0.15) is 0 Å². The highest BCUT2D eigenvalue weighted by atomic mass is 79.9. The van der Waals surface area contributed by atoms with Gasteiger partial charge in [0.25, 0.3) is 5.91 Å². The van der Waals surface area contributed by atoms with E-state index < -0.39 is 0 Å². The molecule has 0 radical (unpaired) electrons. The minimum Gasteiger partial charge on any atom is -0.361 e. The van der Waals surface area contributed by atoms with E-state index in [9.17, 15) is 4.79 Å². The number of amides is 1. The van der Waals surface area contributed by atoms with E-state index in [1.165, 1.54) is 31.5 Å². The lowest BCUT2D eigenvalue weighted by atomic mass is 9.96. The number of likely N-dealkylation sites (tertiary alicyclic amines) is 1. The highest BCUT2D eigenvalue weighted by Crippen LogP contribution is 2.29. The molecule has 2 aliphatic rings. The number of halogens is 1. The quantitative estimate of drug-likeness (QED) is 0.743. The molecule has 0 saturated carbocycles. The van der Waals surface area contributed by atoms with Crippen molar-refractivity contribution < 1.29 is 4.79 Å². The average molecular weight is 412 g/mol. The summed E-state index contributed by atoms with van der Waals surface area (Å²) in [5.74, 6) is -0.0475. The molecule has 0 atom stereocenters. The third kappa shape index (κ3) is 3.69. The fourth-order valence-electron chi connectivity index (χ4n) is 3.58. The van der Waals surface area contributed by atoms with Gasteiger partial charge in [0.15, 0.2) is 0 Å². The minimum absolute atomic E-state index is 0.0475. The molecule has 26 heavy (non-hydrogen) atoms. The second kappa shape index (κ2) is 7.64. The molecule has 2 aliphatic heterocycles. The normalized spacial score (nSPS) is 18.7. The van der Waals surface area contributed by atoms with Crippen molar-refractivity contribution in [2.24, 2.45) is 0 Å². The molecule has 0 unspecified atom stereocenters. The maximum Gasteiger partial charge on any atom is 0.253 e. The highest BCUT2D eigenvalue weighted by Gasteiger charge is 2.22. The fourth-order valence-corrected chi connectivity index (χ4v) is 4.09. The second-order valence-electron chi connectivity index (χ2n) is 6.83. The molecule has 2 heterocycles. The van der Waals surface area contributed by atoms with E-state index in [4.69, 9.17) is 0 Å². The van der Waals surface area contributed by atoms with Gasteiger partial charge in [-0.05, 0) is 60.8 Å². The fraction of sp³-hybridized carbons (Fsp3) is 0.286. The Kier molecular flexibility index (Phi) is 5.09. The summed E-state index contributed by atoms with van der Waals surface area (Å²) in [7, 11) is 0. The number of carbonyl (C=O) groups is 1. The van der Waals surface area contributed by atoms with E-state index in [-0.39, 0.29) is 5.91 Å². The van der Waals surface area contributed by atoms with Crippen molar-refractivity contribution in [2.45, 2.75) is 25.9 Å². The molecule has 1 saturated heterocycles. The second-order valence-corrected chi connectivity index (χ2v) is 7.69. The van der Waals surface area contributed by atoms with Crippen LogP contribution >= 0.6 is 15.9 Å². The van der Waals surface area contributed by atoms with Gasteiger partial charge in [-0.3, -0.25) is 9.69 Å². The van der Waals surface area contributed by atoms with Crippen LogP contribution in [0.25, 0.3) is 5.57 Å². The Hall–Kier alpha value is -2.11. The van der Waals surface area contributed by atoms with Crippen LogP contribution in [0.2, 0.25) is 0 Å². The number of anilines is 1. The number of hydrogen-bond acceptors (Lipinski definition) is 3. The van der Waals surface area contributed by atoms with E-state index in [2.05, 4.69) is 55.7 Å². The summed E-state index contributed by atoms with van der Waals surface area (Å²) in [5.41, 5.74) is 5.06. The molecule has 0 aromatic heterocycles. The van der Waals surface area contributed by atoms with Crippen molar-refractivity contribution in [2.75, 3.05) is 18.4 Å². The molecule has 4 rings (SSSR count). The average Bonchev–Trinajstić information content (AvgIpc) is 3.15. The van der Waals surface area contributed by atoms with Crippen molar-refractivity contribution in [3.8, 4) is 0 Å². The summed E-state index contributed by atoms with van der Waals surface area (Å²) < 4.78 is 1.02. The van der Waals surface area contributed by atoms with Crippen LogP contribution in [0, 0.1) is 0 Å². The maximum atomic E-state index is 12.3. The largest absolute Gasteiger partial charge is 0.361 e. The standard InChI is InChI=1S/C21H22BrN3O/c22-20-5-3-4-17-18(20)12-24-21(26)19(17)13-23-16-8-6-15(7-9-16)14-25-10-1-2-11-25/h3-9,13,23H,1-2,10-12,14H2,(H,24,26)/b19-13+. The van der Waals surface area contributed by atoms with Gasteiger partial charge in [-0.15, -0.1) is 0 Å².